The van der Waals surface area contributed by atoms with Crippen molar-refractivity contribution >= 4 is 17.0 Å². The van der Waals surface area contributed by atoms with E-state index in [-0.39, 0.29) is 23.1 Å². The molecule has 24 heavy (non-hydrogen) atoms. The minimum absolute atomic E-state index is 0. The second kappa shape index (κ2) is 7.81. The molecule has 1 unspecified atom stereocenters. The van der Waals surface area contributed by atoms with Crippen molar-refractivity contribution in [1.82, 2.24) is 4.90 Å². The smallest absolute Gasteiger partial charge is 0.108 e. The van der Waals surface area contributed by atoms with Gasteiger partial charge in [-0.05, 0) is 43.9 Å². The molecule has 2 fully saturated rings. The van der Waals surface area contributed by atoms with Crippen LogP contribution in [0.25, 0.3) is 0 Å². The lowest BCUT2D eigenvalue weighted by Crippen LogP contribution is -2.43. The largest absolute Gasteiger partial charge is 0.365 e. The van der Waals surface area contributed by atoms with Crippen LogP contribution in [-0.4, -0.2) is 30.1 Å². The topological polar surface area (TPSA) is 12.5 Å². The first-order valence-corrected chi connectivity index (χ1v) is 8.78. The lowest BCUT2D eigenvalue weighted by Gasteiger charge is -2.38. The van der Waals surface area contributed by atoms with Crippen molar-refractivity contribution in [3.05, 3.63) is 71.8 Å². The van der Waals surface area contributed by atoms with Crippen molar-refractivity contribution in [3.8, 4) is 0 Å². The highest BCUT2D eigenvalue weighted by atomic mass is 79.9. The van der Waals surface area contributed by atoms with Gasteiger partial charge in [-0.2, -0.15) is 0 Å². The average Bonchev–Trinajstić information content (AvgIpc) is 2.83. The number of nitrogens with zero attached hydrogens (tertiary/aromatic N) is 1. The van der Waals surface area contributed by atoms with E-state index in [2.05, 4.69) is 72.6 Å². The summed E-state index contributed by atoms with van der Waals surface area (Å²) in [5.74, 6) is 0. The molecule has 2 saturated heterocycles. The Labute approximate surface area is 155 Å². The zero-order valence-corrected chi connectivity index (χ0v) is 15.9. The number of ether oxygens (including phenoxy) is 1. The molecule has 3 heteroatoms. The molecule has 2 aromatic carbocycles. The molecule has 2 aromatic rings. The predicted molar refractivity (Wildman–Crippen MR) is 104 cm³/mol. The van der Waals surface area contributed by atoms with Gasteiger partial charge < -0.3 is 9.64 Å². The molecule has 0 aliphatic carbocycles. The number of benzene rings is 2. The molecular weight excluding hydrogens is 362 g/mol. The first-order valence-electron chi connectivity index (χ1n) is 8.78. The molecule has 0 amide bonds. The molecule has 128 valence electrons. The number of rotatable bonds is 4. The Morgan fingerprint density at radius 2 is 1.29 bits per heavy atom. The van der Waals surface area contributed by atoms with Crippen LogP contribution in [0, 0.1) is 0 Å². The maximum atomic E-state index is 6.67. The Kier molecular flexibility index (Phi) is 5.75. The van der Waals surface area contributed by atoms with Crippen molar-refractivity contribution in [3.63, 3.8) is 0 Å². The van der Waals surface area contributed by atoms with Crippen LogP contribution < -0.4 is 0 Å². The first kappa shape index (κ1) is 17.7. The van der Waals surface area contributed by atoms with E-state index in [0.29, 0.717) is 18.2 Å². The monoisotopic (exact) mass is 387 g/mol. The number of halogens is 1. The van der Waals surface area contributed by atoms with Crippen LogP contribution in [0.1, 0.15) is 42.9 Å². The summed E-state index contributed by atoms with van der Waals surface area (Å²) < 4.78 is 6.67. The van der Waals surface area contributed by atoms with Crippen molar-refractivity contribution in [2.75, 3.05) is 7.05 Å². The number of fused-ring (bicyclic) bond motifs is 2. The molecule has 0 N–H and O–H groups in total. The van der Waals surface area contributed by atoms with Gasteiger partial charge in [0.1, 0.15) is 6.10 Å². The van der Waals surface area contributed by atoms with Gasteiger partial charge in [0.05, 0.1) is 6.10 Å². The van der Waals surface area contributed by atoms with E-state index in [9.17, 15) is 0 Å². The van der Waals surface area contributed by atoms with Crippen LogP contribution in [0.3, 0.4) is 0 Å². The minimum Gasteiger partial charge on any atom is -0.365 e. The zero-order chi connectivity index (χ0) is 15.6. The van der Waals surface area contributed by atoms with E-state index in [1.807, 2.05) is 0 Å². The van der Waals surface area contributed by atoms with Gasteiger partial charge in [0, 0.05) is 12.1 Å². The maximum Gasteiger partial charge on any atom is 0.108 e. The first-order chi connectivity index (χ1) is 11.3. The molecule has 2 heterocycles. The zero-order valence-electron chi connectivity index (χ0n) is 14.2. The molecule has 2 nitrogen and oxygen atoms in total. The Balaban J connectivity index is 0.00000169. The Hall–Kier alpha value is -1.16. The summed E-state index contributed by atoms with van der Waals surface area (Å²) in [5.41, 5.74) is 2.51. The van der Waals surface area contributed by atoms with Crippen molar-refractivity contribution in [2.24, 2.45) is 0 Å². The van der Waals surface area contributed by atoms with Crippen molar-refractivity contribution < 1.29 is 4.74 Å². The minimum atomic E-state index is 0. The second-order valence-electron chi connectivity index (χ2n) is 6.98. The van der Waals surface area contributed by atoms with Crippen LogP contribution >= 0.6 is 17.0 Å². The van der Waals surface area contributed by atoms with Crippen molar-refractivity contribution in [2.45, 2.75) is 50.0 Å². The summed E-state index contributed by atoms with van der Waals surface area (Å²) >= 11 is 0. The molecule has 2 aliphatic rings. The second-order valence-corrected chi connectivity index (χ2v) is 6.98. The number of piperidine rings is 1. The van der Waals surface area contributed by atoms with Crippen molar-refractivity contribution in [1.29, 1.82) is 0 Å². The highest BCUT2D eigenvalue weighted by Crippen LogP contribution is 2.38. The number of hydrogen-bond donors (Lipinski definition) is 0. The van der Waals surface area contributed by atoms with Gasteiger partial charge in [0.25, 0.3) is 0 Å². The summed E-state index contributed by atoms with van der Waals surface area (Å²) in [4.78, 5) is 2.57. The third-order valence-electron chi connectivity index (χ3n) is 5.59. The van der Waals surface area contributed by atoms with Gasteiger partial charge in [-0.3, -0.25) is 0 Å². The highest BCUT2D eigenvalue weighted by Gasteiger charge is 2.39. The third-order valence-corrected chi connectivity index (χ3v) is 5.59. The van der Waals surface area contributed by atoms with E-state index in [1.54, 1.807) is 0 Å². The quantitative estimate of drug-likeness (QED) is 0.731. The van der Waals surface area contributed by atoms with Crippen LogP contribution in [0.15, 0.2) is 60.7 Å². The highest BCUT2D eigenvalue weighted by molar-refractivity contribution is 8.93. The van der Waals surface area contributed by atoms with Gasteiger partial charge in [0.15, 0.2) is 0 Å². The molecule has 4 rings (SSSR count). The molecule has 2 aliphatic heterocycles. The lowest BCUT2D eigenvalue weighted by atomic mass is 9.97. The normalized spacial score (nSPS) is 26.3. The predicted octanol–water partition coefficient (Wildman–Crippen LogP) is 5.00. The van der Waals surface area contributed by atoms with E-state index < -0.39 is 0 Å². The SMILES string of the molecule is Br.CN1[C@@H]2CC[C@H]1CC(OC(c1ccccc1)c1ccccc1)C2. The van der Waals surface area contributed by atoms with Crippen LogP contribution in [0.2, 0.25) is 0 Å². The summed E-state index contributed by atoms with van der Waals surface area (Å²) in [6, 6.07) is 22.7. The molecule has 2 bridgehead atoms. The molecule has 0 aromatic heterocycles. The Morgan fingerprint density at radius 1 is 0.833 bits per heavy atom. The number of hydrogen-bond acceptors (Lipinski definition) is 2. The third kappa shape index (κ3) is 3.58. The maximum absolute atomic E-state index is 6.67. The van der Waals surface area contributed by atoms with E-state index in [0.717, 1.165) is 0 Å². The summed E-state index contributed by atoms with van der Waals surface area (Å²) in [7, 11) is 2.28. The summed E-state index contributed by atoms with van der Waals surface area (Å²) in [6.07, 6.45) is 5.43. The van der Waals surface area contributed by atoms with Gasteiger partial charge >= 0.3 is 0 Å². The fourth-order valence-electron chi connectivity index (χ4n) is 4.27. The van der Waals surface area contributed by atoms with Crippen LogP contribution in [-0.2, 0) is 4.74 Å². The molecule has 0 spiro atoms. The van der Waals surface area contributed by atoms with E-state index in [4.69, 9.17) is 4.74 Å². The van der Waals surface area contributed by atoms with Gasteiger partial charge in [0.2, 0.25) is 0 Å². The average molecular weight is 388 g/mol. The van der Waals surface area contributed by atoms with Gasteiger partial charge in [-0.15, -0.1) is 17.0 Å². The van der Waals surface area contributed by atoms with E-state index in [1.165, 1.54) is 36.8 Å². The van der Waals surface area contributed by atoms with Gasteiger partial charge in [-0.1, -0.05) is 60.7 Å². The molecular formula is C21H26BrNO. The standard InChI is InChI=1S/C21H25NO.BrH/c1-22-18-12-13-19(22)15-20(14-18)23-21(16-8-4-2-5-9-16)17-10-6-3-7-11-17;/h2-11,18-21H,12-15H2,1H3;1H/t18-,19+,20?;. The fraction of sp³-hybridized carbons (Fsp3) is 0.429. The molecule has 3 atom stereocenters. The summed E-state index contributed by atoms with van der Waals surface area (Å²) in [6.45, 7) is 0. The van der Waals surface area contributed by atoms with Gasteiger partial charge in [-0.25, -0.2) is 0 Å². The summed E-state index contributed by atoms with van der Waals surface area (Å²) in [5, 5.41) is 0. The lowest BCUT2D eigenvalue weighted by molar-refractivity contribution is -0.0426. The fourth-order valence-corrected chi connectivity index (χ4v) is 4.27. The molecule has 0 saturated carbocycles. The Bertz CT molecular complexity index is 579. The van der Waals surface area contributed by atoms with Crippen LogP contribution in [0.4, 0.5) is 0 Å². The Morgan fingerprint density at radius 3 is 1.75 bits per heavy atom. The molecule has 0 radical (unpaired) electrons. The van der Waals surface area contributed by atoms with Crippen LogP contribution in [0.5, 0.6) is 0 Å². The van der Waals surface area contributed by atoms with E-state index >= 15 is 0 Å².